The normalized spacial score (nSPS) is 10.8. The fraction of sp³-hybridized carbons (Fsp3) is 0.167. The van der Waals surface area contributed by atoms with Gasteiger partial charge in [-0.2, -0.15) is 0 Å². The highest BCUT2D eigenvalue weighted by molar-refractivity contribution is 6.31. The molecular weight excluding hydrogens is 282 g/mol. The molecule has 2 aromatic carbocycles. The third-order valence-electron chi connectivity index (χ3n) is 3.35. The first-order valence-electron chi connectivity index (χ1n) is 7.07. The second-order valence-corrected chi connectivity index (χ2v) is 5.40. The van der Waals surface area contributed by atoms with Crippen LogP contribution in [-0.2, 0) is 6.42 Å². The lowest BCUT2D eigenvalue weighted by molar-refractivity contribution is 0.487. The zero-order valence-corrected chi connectivity index (χ0v) is 12.6. The number of hydrogen-bond acceptors (Lipinski definition) is 2. The highest BCUT2D eigenvalue weighted by Crippen LogP contribution is 2.30. The first kappa shape index (κ1) is 13.9. The lowest BCUT2D eigenvalue weighted by Gasteiger charge is -2.09. The highest BCUT2D eigenvalue weighted by atomic mass is 35.5. The summed E-state index contributed by atoms with van der Waals surface area (Å²) in [6, 6.07) is 15.7. The van der Waals surface area contributed by atoms with Crippen molar-refractivity contribution in [3.05, 3.63) is 65.3 Å². The Hall–Kier alpha value is -2.06. The van der Waals surface area contributed by atoms with E-state index in [9.17, 15) is 0 Å². The Kier molecular flexibility index (Phi) is 4.07. The predicted molar refractivity (Wildman–Crippen MR) is 87.3 cm³/mol. The Morgan fingerprint density at radius 1 is 1.05 bits per heavy atom. The van der Waals surface area contributed by atoms with Crippen molar-refractivity contribution in [2.75, 3.05) is 0 Å². The molecule has 0 spiro atoms. The van der Waals surface area contributed by atoms with Crippen molar-refractivity contribution in [1.82, 2.24) is 4.98 Å². The molecule has 0 saturated carbocycles. The molecule has 0 amide bonds. The van der Waals surface area contributed by atoms with Gasteiger partial charge in [0.2, 0.25) is 0 Å². The maximum atomic E-state index is 6.00. The summed E-state index contributed by atoms with van der Waals surface area (Å²) in [6.07, 6.45) is 3.98. The van der Waals surface area contributed by atoms with Gasteiger partial charge in [0.25, 0.3) is 0 Å². The van der Waals surface area contributed by atoms with Gasteiger partial charge in [-0.3, -0.25) is 4.98 Å². The van der Waals surface area contributed by atoms with E-state index in [2.05, 4.69) is 24.0 Å². The number of aromatic nitrogens is 1. The van der Waals surface area contributed by atoms with Crippen molar-refractivity contribution in [1.29, 1.82) is 0 Å². The summed E-state index contributed by atoms with van der Waals surface area (Å²) in [4.78, 5) is 4.32. The molecule has 0 aliphatic carbocycles. The van der Waals surface area contributed by atoms with Gasteiger partial charge in [0.1, 0.15) is 11.5 Å². The molecule has 1 aromatic heterocycles. The number of hydrogen-bond donors (Lipinski definition) is 0. The van der Waals surface area contributed by atoms with Crippen molar-refractivity contribution in [3.8, 4) is 11.5 Å². The first-order chi connectivity index (χ1) is 10.3. The average Bonchev–Trinajstić information content (AvgIpc) is 2.49. The van der Waals surface area contributed by atoms with Gasteiger partial charge in [0, 0.05) is 16.6 Å². The zero-order valence-electron chi connectivity index (χ0n) is 11.8. The minimum atomic E-state index is 0.677. The van der Waals surface area contributed by atoms with E-state index in [1.165, 1.54) is 5.56 Å². The van der Waals surface area contributed by atoms with Crippen LogP contribution in [0.15, 0.2) is 54.7 Å². The summed E-state index contributed by atoms with van der Waals surface area (Å²) in [5.74, 6) is 1.62. The molecule has 0 aliphatic rings. The van der Waals surface area contributed by atoms with Crippen molar-refractivity contribution >= 4 is 22.5 Å². The molecule has 21 heavy (non-hydrogen) atoms. The molecule has 0 aliphatic heterocycles. The van der Waals surface area contributed by atoms with Gasteiger partial charge in [0.15, 0.2) is 0 Å². The van der Waals surface area contributed by atoms with Crippen molar-refractivity contribution in [2.45, 2.75) is 19.8 Å². The van der Waals surface area contributed by atoms with E-state index >= 15 is 0 Å². The molecule has 0 saturated heterocycles. The summed E-state index contributed by atoms with van der Waals surface area (Å²) < 4.78 is 5.98. The molecule has 1 heterocycles. The maximum absolute atomic E-state index is 6.00. The second-order valence-electron chi connectivity index (χ2n) is 4.97. The third kappa shape index (κ3) is 3.17. The van der Waals surface area contributed by atoms with Crippen molar-refractivity contribution < 1.29 is 4.74 Å². The zero-order chi connectivity index (χ0) is 14.7. The van der Waals surface area contributed by atoms with Gasteiger partial charge in [-0.15, -0.1) is 0 Å². The SMILES string of the molecule is CCCc1ccc(Oc2ccnc3cc(Cl)ccc23)cc1. The van der Waals surface area contributed by atoms with Gasteiger partial charge in [0.05, 0.1) is 5.52 Å². The van der Waals surface area contributed by atoms with E-state index in [4.69, 9.17) is 16.3 Å². The maximum Gasteiger partial charge on any atom is 0.138 e. The van der Waals surface area contributed by atoms with E-state index in [1.807, 2.05) is 36.4 Å². The third-order valence-corrected chi connectivity index (χ3v) is 3.59. The number of fused-ring (bicyclic) bond motifs is 1. The molecule has 0 radical (unpaired) electrons. The number of benzene rings is 2. The van der Waals surface area contributed by atoms with E-state index in [0.717, 1.165) is 35.2 Å². The summed E-state index contributed by atoms with van der Waals surface area (Å²) in [6.45, 7) is 2.18. The van der Waals surface area contributed by atoms with Crippen LogP contribution in [0.3, 0.4) is 0 Å². The van der Waals surface area contributed by atoms with Crippen LogP contribution in [0.25, 0.3) is 10.9 Å². The quantitative estimate of drug-likeness (QED) is 0.622. The molecule has 0 N–H and O–H groups in total. The van der Waals surface area contributed by atoms with Crippen LogP contribution >= 0.6 is 11.6 Å². The van der Waals surface area contributed by atoms with Crippen LogP contribution in [0.4, 0.5) is 0 Å². The summed E-state index contributed by atoms with van der Waals surface area (Å²) >= 11 is 6.00. The van der Waals surface area contributed by atoms with Gasteiger partial charge in [-0.25, -0.2) is 0 Å². The molecular formula is C18H16ClNO. The Bertz CT molecular complexity index is 753. The minimum absolute atomic E-state index is 0.677. The van der Waals surface area contributed by atoms with E-state index in [-0.39, 0.29) is 0 Å². The molecule has 3 heteroatoms. The summed E-state index contributed by atoms with van der Waals surface area (Å²) in [7, 11) is 0. The molecule has 0 fully saturated rings. The van der Waals surface area contributed by atoms with Crippen LogP contribution in [0.2, 0.25) is 5.02 Å². The number of aryl methyl sites for hydroxylation is 1. The molecule has 106 valence electrons. The van der Waals surface area contributed by atoms with Crippen LogP contribution < -0.4 is 4.74 Å². The Labute approximate surface area is 129 Å². The monoisotopic (exact) mass is 297 g/mol. The molecule has 3 aromatic rings. The van der Waals surface area contributed by atoms with E-state index < -0.39 is 0 Å². The van der Waals surface area contributed by atoms with Crippen LogP contribution in [0.5, 0.6) is 11.5 Å². The number of ether oxygens (including phenoxy) is 1. The minimum Gasteiger partial charge on any atom is -0.457 e. The van der Waals surface area contributed by atoms with Crippen LogP contribution in [0.1, 0.15) is 18.9 Å². The Balaban J connectivity index is 1.90. The van der Waals surface area contributed by atoms with Crippen molar-refractivity contribution in [2.24, 2.45) is 0 Å². The molecule has 2 nitrogen and oxygen atoms in total. The molecule has 3 rings (SSSR count). The molecule has 0 unspecified atom stereocenters. The number of halogens is 1. The Morgan fingerprint density at radius 3 is 2.62 bits per heavy atom. The molecule has 0 bridgehead atoms. The van der Waals surface area contributed by atoms with E-state index in [0.29, 0.717) is 5.02 Å². The standard InChI is InChI=1S/C18H16ClNO/c1-2-3-13-4-7-15(8-5-13)21-18-10-11-20-17-12-14(19)6-9-16(17)18/h4-12H,2-3H2,1H3. The first-order valence-corrected chi connectivity index (χ1v) is 7.45. The number of pyridine rings is 1. The number of nitrogens with zero attached hydrogens (tertiary/aromatic N) is 1. The lowest BCUT2D eigenvalue weighted by atomic mass is 10.1. The number of rotatable bonds is 4. The predicted octanol–water partition coefficient (Wildman–Crippen LogP) is 5.63. The van der Waals surface area contributed by atoms with Gasteiger partial charge in [-0.05, 0) is 48.4 Å². The molecule has 0 atom stereocenters. The van der Waals surface area contributed by atoms with Gasteiger partial charge >= 0.3 is 0 Å². The van der Waals surface area contributed by atoms with Crippen LogP contribution in [0, 0.1) is 0 Å². The van der Waals surface area contributed by atoms with Gasteiger partial charge < -0.3 is 4.74 Å². The summed E-state index contributed by atoms with van der Waals surface area (Å²) in [5.41, 5.74) is 2.17. The lowest BCUT2D eigenvalue weighted by Crippen LogP contribution is -1.89. The van der Waals surface area contributed by atoms with Gasteiger partial charge in [-0.1, -0.05) is 37.1 Å². The summed E-state index contributed by atoms with van der Waals surface area (Å²) in [5, 5.41) is 1.63. The Morgan fingerprint density at radius 2 is 1.86 bits per heavy atom. The van der Waals surface area contributed by atoms with E-state index in [1.54, 1.807) is 6.20 Å². The van der Waals surface area contributed by atoms with Crippen molar-refractivity contribution in [3.63, 3.8) is 0 Å². The highest BCUT2D eigenvalue weighted by Gasteiger charge is 2.05. The largest absolute Gasteiger partial charge is 0.457 e. The smallest absolute Gasteiger partial charge is 0.138 e. The fourth-order valence-electron chi connectivity index (χ4n) is 2.32. The topological polar surface area (TPSA) is 22.1 Å². The fourth-order valence-corrected chi connectivity index (χ4v) is 2.49. The second kappa shape index (κ2) is 6.15. The average molecular weight is 298 g/mol. The van der Waals surface area contributed by atoms with Crippen LogP contribution in [-0.4, -0.2) is 4.98 Å².